The molecule has 0 aromatic heterocycles. The number of ketones is 2. The first kappa shape index (κ1) is 13.9. The van der Waals surface area contributed by atoms with E-state index in [0.717, 1.165) is 31.4 Å². The minimum absolute atomic E-state index is 0.0791. The lowest BCUT2D eigenvalue weighted by atomic mass is 9.91. The highest BCUT2D eigenvalue weighted by atomic mass is 35.5. The maximum atomic E-state index is 12.0. The van der Waals surface area contributed by atoms with Crippen LogP contribution in [0.2, 0.25) is 5.02 Å². The van der Waals surface area contributed by atoms with E-state index in [4.69, 9.17) is 11.6 Å². The zero-order valence-corrected chi connectivity index (χ0v) is 12.0. The Labute approximate surface area is 126 Å². The van der Waals surface area contributed by atoms with Crippen molar-refractivity contribution >= 4 is 28.9 Å². The molecule has 0 atom stereocenters. The van der Waals surface area contributed by atoms with Crippen LogP contribution in [0.3, 0.4) is 0 Å². The molecule has 0 radical (unpaired) electrons. The number of halogens is 1. The average molecular weight is 308 g/mol. The van der Waals surface area contributed by atoms with E-state index in [9.17, 15) is 19.8 Å². The third kappa shape index (κ3) is 2.08. The number of fused-ring (bicyclic) bond motifs is 1. The van der Waals surface area contributed by atoms with Crippen molar-refractivity contribution in [3.8, 4) is 11.5 Å². The van der Waals surface area contributed by atoms with Crippen LogP contribution in [-0.2, 0) is 0 Å². The SMILES string of the molecule is O=C1C=CC(=O)c2c(O)c(N3CCCCC3)c(Cl)c(O)c21. The molecule has 1 aromatic rings. The van der Waals surface area contributed by atoms with Gasteiger partial charge in [-0.2, -0.15) is 0 Å². The number of carbonyl (C=O) groups is 2. The van der Waals surface area contributed by atoms with Crippen LogP contribution in [0.25, 0.3) is 0 Å². The highest BCUT2D eigenvalue weighted by Crippen LogP contribution is 2.48. The van der Waals surface area contributed by atoms with Crippen molar-refractivity contribution in [3.63, 3.8) is 0 Å². The molecule has 1 aromatic carbocycles. The number of rotatable bonds is 1. The maximum Gasteiger partial charge on any atom is 0.190 e. The molecule has 5 nitrogen and oxygen atoms in total. The minimum atomic E-state index is -0.538. The maximum absolute atomic E-state index is 12.0. The first-order valence-electron chi connectivity index (χ1n) is 6.81. The van der Waals surface area contributed by atoms with Gasteiger partial charge >= 0.3 is 0 Å². The molecule has 1 saturated heterocycles. The van der Waals surface area contributed by atoms with Gasteiger partial charge in [0.15, 0.2) is 17.3 Å². The first-order chi connectivity index (χ1) is 10.0. The Morgan fingerprint density at radius 2 is 1.43 bits per heavy atom. The summed E-state index contributed by atoms with van der Waals surface area (Å²) in [7, 11) is 0. The summed E-state index contributed by atoms with van der Waals surface area (Å²) in [5.41, 5.74) is -0.139. The van der Waals surface area contributed by atoms with E-state index < -0.39 is 17.3 Å². The van der Waals surface area contributed by atoms with Crippen molar-refractivity contribution in [3.05, 3.63) is 28.3 Å². The Morgan fingerprint density at radius 1 is 0.905 bits per heavy atom. The van der Waals surface area contributed by atoms with Gasteiger partial charge in [0.2, 0.25) is 0 Å². The Bertz CT molecular complexity index is 675. The van der Waals surface area contributed by atoms with Crippen molar-refractivity contribution in [2.75, 3.05) is 18.0 Å². The number of phenols is 2. The number of hydrogen-bond donors (Lipinski definition) is 2. The molecular formula is C15H14ClNO4. The summed E-state index contributed by atoms with van der Waals surface area (Å²) in [5.74, 6) is -1.80. The smallest absolute Gasteiger partial charge is 0.190 e. The molecule has 1 aliphatic carbocycles. The molecule has 1 heterocycles. The van der Waals surface area contributed by atoms with Gasteiger partial charge in [0.05, 0.1) is 11.1 Å². The summed E-state index contributed by atoms with van der Waals surface area (Å²) in [6.07, 6.45) is 5.14. The highest BCUT2D eigenvalue weighted by molar-refractivity contribution is 6.37. The number of piperidine rings is 1. The van der Waals surface area contributed by atoms with Gasteiger partial charge < -0.3 is 15.1 Å². The van der Waals surface area contributed by atoms with Gasteiger partial charge in [0, 0.05) is 13.1 Å². The van der Waals surface area contributed by atoms with Crippen LogP contribution in [0.1, 0.15) is 40.0 Å². The molecular weight excluding hydrogens is 294 g/mol. The van der Waals surface area contributed by atoms with Crippen LogP contribution in [0.15, 0.2) is 12.2 Å². The van der Waals surface area contributed by atoms with Gasteiger partial charge in [-0.15, -0.1) is 0 Å². The second kappa shape index (κ2) is 5.07. The number of allylic oxidation sites excluding steroid dienone is 2. The second-order valence-corrected chi connectivity index (χ2v) is 5.60. The third-order valence-electron chi connectivity index (χ3n) is 3.91. The predicted molar refractivity (Wildman–Crippen MR) is 78.6 cm³/mol. The van der Waals surface area contributed by atoms with Gasteiger partial charge in [0.25, 0.3) is 0 Å². The fourth-order valence-corrected chi connectivity index (χ4v) is 3.19. The van der Waals surface area contributed by atoms with Crippen LogP contribution in [0.5, 0.6) is 11.5 Å². The number of benzene rings is 1. The normalized spacial score (nSPS) is 18.0. The van der Waals surface area contributed by atoms with Crippen molar-refractivity contribution in [2.24, 2.45) is 0 Å². The molecule has 0 saturated carbocycles. The average Bonchev–Trinajstić information content (AvgIpc) is 2.48. The van der Waals surface area contributed by atoms with Crippen molar-refractivity contribution in [1.29, 1.82) is 0 Å². The summed E-state index contributed by atoms with van der Waals surface area (Å²) in [6, 6.07) is 0. The lowest BCUT2D eigenvalue weighted by Crippen LogP contribution is -2.30. The van der Waals surface area contributed by atoms with Crippen molar-refractivity contribution in [1.82, 2.24) is 0 Å². The Balaban J connectivity index is 2.24. The lowest BCUT2D eigenvalue weighted by molar-refractivity contribution is 0.0989. The lowest BCUT2D eigenvalue weighted by Gasteiger charge is -2.31. The zero-order valence-electron chi connectivity index (χ0n) is 11.2. The van der Waals surface area contributed by atoms with E-state index in [1.807, 2.05) is 4.90 Å². The zero-order chi connectivity index (χ0) is 15.1. The summed E-state index contributed by atoms with van der Waals surface area (Å²) < 4.78 is 0. The fourth-order valence-electron chi connectivity index (χ4n) is 2.88. The van der Waals surface area contributed by atoms with E-state index in [1.54, 1.807) is 0 Å². The number of anilines is 1. The van der Waals surface area contributed by atoms with Gasteiger partial charge in [-0.1, -0.05) is 11.6 Å². The number of hydrogen-bond acceptors (Lipinski definition) is 5. The van der Waals surface area contributed by atoms with Crippen LogP contribution in [-0.4, -0.2) is 34.9 Å². The molecule has 0 bridgehead atoms. The van der Waals surface area contributed by atoms with E-state index in [1.165, 1.54) is 0 Å². The second-order valence-electron chi connectivity index (χ2n) is 5.22. The van der Waals surface area contributed by atoms with E-state index in [0.29, 0.717) is 13.1 Å². The summed E-state index contributed by atoms with van der Waals surface area (Å²) >= 11 is 6.14. The van der Waals surface area contributed by atoms with Crippen LogP contribution >= 0.6 is 11.6 Å². The summed E-state index contributed by atoms with van der Waals surface area (Å²) in [6.45, 7) is 1.37. The number of nitrogens with zero attached hydrogens (tertiary/aromatic N) is 1. The van der Waals surface area contributed by atoms with Gasteiger partial charge in [-0.05, 0) is 31.4 Å². The monoisotopic (exact) mass is 307 g/mol. The molecule has 6 heteroatoms. The first-order valence-corrected chi connectivity index (χ1v) is 7.19. The molecule has 21 heavy (non-hydrogen) atoms. The quantitative estimate of drug-likeness (QED) is 0.780. The van der Waals surface area contributed by atoms with E-state index >= 15 is 0 Å². The Hall–Kier alpha value is -2.01. The summed E-state index contributed by atoms with van der Waals surface area (Å²) in [5, 5.41) is 20.5. The standard InChI is InChI=1S/C15H14ClNO4/c16-12-13(17-6-2-1-3-7-17)15(21)11-9(19)5-4-8(18)10(11)14(12)20/h4-5,20-21H,1-3,6-7H2. The van der Waals surface area contributed by atoms with Crippen LogP contribution in [0, 0.1) is 0 Å². The number of carbonyl (C=O) groups excluding carboxylic acids is 2. The third-order valence-corrected chi connectivity index (χ3v) is 4.27. The minimum Gasteiger partial charge on any atom is -0.505 e. The van der Waals surface area contributed by atoms with E-state index in [2.05, 4.69) is 0 Å². The molecule has 1 aliphatic heterocycles. The predicted octanol–water partition coefficient (Wildman–Crippen LogP) is 2.68. The largest absolute Gasteiger partial charge is 0.505 e. The Kier molecular flexibility index (Phi) is 3.37. The van der Waals surface area contributed by atoms with Crippen molar-refractivity contribution in [2.45, 2.75) is 19.3 Å². The van der Waals surface area contributed by atoms with Crippen LogP contribution < -0.4 is 4.90 Å². The fraction of sp³-hybridized carbons (Fsp3) is 0.333. The van der Waals surface area contributed by atoms with Gasteiger partial charge in [-0.3, -0.25) is 9.59 Å². The Morgan fingerprint density at radius 3 is 2.00 bits per heavy atom. The number of phenolic OH excluding ortho intramolecular Hbond substituents is 2. The molecule has 2 aliphatic rings. The molecule has 110 valence electrons. The van der Waals surface area contributed by atoms with E-state index in [-0.39, 0.29) is 27.6 Å². The molecule has 2 N–H and O–H groups in total. The van der Waals surface area contributed by atoms with Crippen LogP contribution in [0.4, 0.5) is 5.69 Å². The summed E-state index contributed by atoms with van der Waals surface area (Å²) in [4.78, 5) is 25.7. The topological polar surface area (TPSA) is 77.8 Å². The van der Waals surface area contributed by atoms with Gasteiger partial charge in [-0.25, -0.2) is 0 Å². The van der Waals surface area contributed by atoms with Gasteiger partial charge in [0.1, 0.15) is 16.5 Å². The number of aromatic hydroxyl groups is 2. The molecule has 0 spiro atoms. The molecule has 3 rings (SSSR count). The molecule has 0 unspecified atom stereocenters. The molecule has 0 amide bonds. The van der Waals surface area contributed by atoms with Crippen molar-refractivity contribution < 1.29 is 19.8 Å². The molecule has 1 fully saturated rings. The highest BCUT2D eigenvalue weighted by Gasteiger charge is 2.33.